The van der Waals surface area contributed by atoms with Crippen LogP contribution in [0.5, 0.6) is 0 Å². The highest BCUT2D eigenvalue weighted by Gasteiger charge is 2.33. The van der Waals surface area contributed by atoms with E-state index in [1.165, 1.54) is 24.4 Å². The first-order chi connectivity index (χ1) is 7.24. The van der Waals surface area contributed by atoms with Crippen molar-refractivity contribution in [3.63, 3.8) is 0 Å². The molecule has 1 aliphatic carbocycles. The summed E-state index contributed by atoms with van der Waals surface area (Å²) < 4.78 is 4.30. The van der Waals surface area contributed by atoms with Crippen molar-refractivity contribution in [1.82, 2.24) is 9.36 Å². The summed E-state index contributed by atoms with van der Waals surface area (Å²) in [7, 11) is 0. The molecule has 5 nitrogen and oxygen atoms in total. The predicted octanol–water partition coefficient (Wildman–Crippen LogP) is -0.0427. The summed E-state index contributed by atoms with van der Waals surface area (Å²) in [6, 6.07) is 0. The summed E-state index contributed by atoms with van der Waals surface area (Å²) in [5.74, 6) is 1.50. The minimum atomic E-state index is -0.654. The molecule has 1 saturated heterocycles. The Balaban J connectivity index is 1.75. The smallest absolute Gasteiger partial charge is 0.205 e. The van der Waals surface area contributed by atoms with Crippen LogP contribution in [0.4, 0.5) is 5.13 Å². The molecule has 82 valence electrons. The average Bonchev–Trinajstić information content (AvgIpc) is 2.85. The molecular weight excluding hydrogens is 214 g/mol. The number of nitrogens with zero attached hydrogens (tertiary/aromatic N) is 3. The second-order valence-electron chi connectivity index (χ2n) is 4.25. The Kier molecular flexibility index (Phi) is 2.15. The fourth-order valence-corrected chi connectivity index (χ4v) is 2.55. The van der Waals surface area contributed by atoms with Crippen molar-refractivity contribution in [2.45, 2.75) is 31.0 Å². The first-order valence-corrected chi connectivity index (χ1v) is 5.96. The number of aliphatic hydroxyl groups excluding tert-OH is 2. The summed E-state index contributed by atoms with van der Waals surface area (Å²) in [6.07, 6.45) is 1.08. The molecule has 0 aromatic carbocycles. The molecule has 2 atom stereocenters. The maximum Gasteiger partial charge on any atom is 0.205 e. The maximum atomic E-state index is 9.42. The van der Waals surface area contributed by atoms with Crippen LogP contribution in [0.1, 0.15) is 24.6 Å². The van der Waals surface area contributed by atoms with Crippen LogP contribution in [0.3, 0.4) is 0 Å². The van der Waals surface area contributed by atoms with Crippen LogP contribution in [0.15, 0.2) is 0 Å². The maximum absolute atomic E-state index is 9.42. The van der Waals surface area contributed by atoms with Gasteiger partial charge in [-0.1, -0.05) is 0 Å². The van der Waals surface area contributed by atoms with Crippen molar-refractivity contribution in [2.24, 2.45) is 0 Å². The van der Waals surface area contributed by atoms with Gasteiger partial charge < -0.3 is 15.1 Å². The van der Waals surface area contributed by atoms with Crippen LogP contribution in [0.2, 0.25) is 0 Å². The lowest BCUT2D eigenvalue weighted by molar-refractivity contribution is 0.0572. The van der Waals surface area contributed by atoms with Crippen molar-refractivity contribution in [2.75, 3.05) is 18.0 Å². The largest absolute Gasteiger partial charge is 0.389 e. The molecule has 6 heteroatoms. The van der Waals surface area contributed by atoms with Crippen LogP contribution in [0.25, 0.3) is 0 Å². The Morgan fingerprint density at radius 1 is 1.20 bits per heavy atom. The van der Waals surface area contributed by atoms with Gasteiger partial charge in [0.05, 0.1) is 12.2 Å². The first kappa shape index (κ1) is 9.50. The fourth-order valence-electron chi connectivity index (χ4n) is 1.79. The Morgan fingerprint density at radius 3 is 2.47 bits per heavy atom. The van der Waals surface area contributed by atoms with E-state index < -0.39 is 12.2 Å². The monoisotopic (exact) mass is 227 g/mol. The van der Waals surface area contributed by atoms with Crippen molar-refractivity contribution in [1.29, 1.82) is 0 Å². The predicted molar refractivity (Wildman–Crippen MR) is 56.1 cm³/mol. The Hall–Kier alpha value is -0.720. The lowest BCUT2D eigenvalue weighted by Gasteiger charge is -2.11. The first-order valence-electron chi connectivity index (χ1n) is 5.18. The zero-order valence-corrected chi connectivity index (χ0v) is 9.02. The van der Waals surface area contributed by atoms with Gasteiger partial charge in [0.1, 0.15) is 5.82 Å². The number of hydrogen-bond donors (Lipinski definition) is 2. The van der Waals surface area contributed by atoms with Gasteiger partial charge in [0.15, 0.2) is 0 Å². The highest BCUT2D eigenvalue weighted by Crippen LogP contribution is 2.40. The Morgan fingerprint density at radius 2 is 1.87 bits per heavy atom. The summed E-state index contributed by atoms with van der Waals surface area (Å²) in [5, 5.41) is 19.7. The van der Waals surface area contributed by atoms with E-state index in [4.69, 9.17) is 0 Å². The zero-order valence-electron chi connectivity index (χ0n) is 8.20. The van der Waals surface area contributed by atoms with Gasteiger partial charge in [-0.2, -0.15) is 4.37 Å². The number of aromatic nitrogens is 2. The Bertz CT molecular complexity index is 356. The fraction of sp³-hybridized carbons (Fsp3) is 0.778. The molecule has 1 aromatic heterocycles. The summed E-state index contributed by atoms with van der Waals surface area (Å²) >= 11 is 1.36. The number of hydrogen-bond acceptors (Lipinski definition) is 6. The van der Waals surface area contributed by atoms with Gasteiger partial charge >= 0.3 is 0 Å². The second-order valence-corrected chi connectivity index (χ2v) is 4.98. The molecule has 2 aliphatic rings. The quantitative estimate of drug-likeness (QED) is 0.742. The average molecular weight is 227 g/mol. The van der Waals surface area contributed by atoms with E-state index in [-0.39, 0.29) is 0 Å². The van der Waals surface area contributed by atoms with Crippen molar-refractivity contribution in [3.8, 4) is 0 Å². The molecule has 2 fully saturated rings. The number of β-amino-alcohol motifs (C(OH)–C–C–N with tert-alkyl or cyclic N) is 2. The molecule has 2 heterocycles. The van der Waals surface area contributed by atoms with E-state index in [1.807, 2.05) is 4.90 Å². The molecule has 15 heavy (non-hydrogen) atoms. The molecule has 0 amide bonds. The third-order valence-corrected chi connectivity index (χ3v) is 3.69. The van der Waals surface area contributed by atoms with Crippen molar-refractivity contribution >= 4 is 16.7 Å². The number of aliphatic hydroxyl groups is 2. The molecule has 1 aliphatic heterocycles. The SMILES string of the molecule is OC1CN(c2nc(C3CC3)ns2)CC1O. The van der Waals surface area contributed by atoms with E-state index in [0.29, 0.717) is 19.0 Å². The van der Waals surface area contributed by atoms with E-state index >= 15 is 0 Å². The van der Waals surface area contributed by atoms with Gasteiger partial charge in [-0.3, -0.25) is 0 Å². The molecule has 0 bridgehead atoms. The van der Waals surface area contributed by atoms with Gasteiger partial charge in [-0.25, -0.2) is 4.98 Å². The molecular formula is C9H13N3O2S. The van der Waals surface area contributed by atoms with Gasteiger partial charge in [-0.05, 0) is 12.8 Å². The summed E-state index contributed by atoms with van der Waals surface area (Å²) in [4.78, 5) is 6.34. The number of anilines is 1. The third-order valence-electron chi connectivity index (χ3n) is 2.90. The van der Waals surface area contributed by atoms with Gasteiger partial charge in [0.25, 0.3) is 0 Å². The van der Waals surface area contributed by atoms with Crippen molar-refractivity contribution in [3.05, 3.63) is 5.82 Å². The van der Waals surface area contributed by atoms with Gasteiger partial charge in [0.2, 0.25) is 5.13 Å². The molecule has 0 spiro atoms. The molecule has 3 rings (SSSR count). The Labute approximate surface area is 91.5 Å². The van der Waals surface area contributed by atoms with E-state index in [9.17, 15) is 10.2 Å². The highest BCUT2D eigenvalue weighted by molar-refractivity contribution is 7.09. The van der Waals surface area contributed by atoms with Crippen molar-refractivity contribution < 1.29 is 10.2 Å². The van der Waals surface area contributed by atoms with Crippen LogP contribution in [0, 0.1) is 0 Å². The van der Waals surface area contributed by atoms with Gasteiger partial charge in [0, 0.05) is 30.5 Å². The lowest BCUT2D eigenvalue weighted by atomic mass is 10.3. The van der Waals surface area contributed by atoms with E-state index in [1.54, 1.807) is 0 Å². The highest BCUT2D eigenvalue weighted by atomic mass is 32.1. The zero-order chi connectivity index (χ0) is 10.4. The lowest BCUT2D eigenvalue weighted by Crippen LogP contribution is -2.22. The van der Waals surface area contributed by atoms with E-state index in [2.05, 4.69) is 9.36 Å². The summed E-state index contributed by atoms with van der Waals surface area (Å²) in [6.45, 7) is 0.918. The molecule has 2 unspecified atom stereocenters. The van der Waals surface area contributed by atoms with Crippen LogP contribution >= 0.6 is 11.5 Å². The van der Waals surface area contributed by atoms with Crippen LogP contribution in [-0.2, 0) is 0 Å². The van der Waals surface area contributed by atoms with E-state index in [0.717, 1.165) is 11.0 Å². The molecule has 0 radical (unpaired) electrons. The second kappa shape index (κ2) is 3.40. The molecule has 1 saturated carbocycles. The summed E-state index contributed by atoms with van der Waals surface area (Å²) in [5.41, 5.74) is 0. The van der Waals surface area contributed by atoms with Crippen LogP contribution in [-0.4, -0.2) is 44.9 Å². The standard InChI is InChI=1S/C9H13N3O2S/c13-6-3-12(4-7(6)14)9-10-8(11-15-9)5-1-2-5/h5-7,13-14H,1-4H2. The van der Waals surface area contributed by atoms with Crippen LogP contribution < -0.4 is 4.90 Å². The molecule has 1 aromatic rings. The third kappa shape index (κ3) is 1.73. The normalized spacial score (nSPS) is 31.2. The van der Waals surface area contributed by atoms with Gasteiger partial charge in [-0.15, -0.1) is 0 Å². The number of rotatable bonds is 2. The minimum absolute atomic E-state index is 0.459. The topological polar surface area (TPSA) is 69.5 Å². The minimum Gasteiger partial charge on any atom is -0.389 e. The molecule has 2 N–H and O–H groups in total.